The van der Waals surface area contributed by atoms with Crippen LogP contribution in [0.4, 0.5) is 0 Å². The molecule has 0 bridgehead atoms. The molecular weight excluding hydrogens is 292 g/mol. The first-order valence-electron chi connectivity index (χ1n) is 8.34. The molecule has 2 saturated heterocycles. The minimum absolute atomic E-state index is 0.0762. The zero-order chi connectivity index (χ0) is 16.3. The maximum atomic E-state index is 12.4. The molecule has 6 nitrogen and oxygen atoms in total. The van der Waals surface area contributed by atoms with Crippen LogP contribution < -0.4 is 0 Å². The highest BCUT2D eigenvalue weighted by Crippen LogP contribution is 2.23. The Labute approximate surface area is 137 Å². The lowest BCUT2D eigenvalue weighted by molar-refractivity contribution is -0.130. The molecule has 2 fully saturated rings. The summed E-state index contributed by atoms with van der Waals surface area (Å²) in [5.74, 6) is 0.0762. The molecule has 2 aliphatic rings. The number of rotatable bonds is 4. The highest BCUT2D eigenvalue weighted by molar-refractivity contribution is 5.79. The third kappa shape index (κ3) is 4.28. The van der Waals surface area contributed by atoms with Crippen molar-refractivity contribution in [2.24, 2.45) is 0 Å². The van der Waals surface area contributed by atoms with Gasteiger partial charge in [-0.3, -0.25) is 14.7 Å². The lowest BCUT2D eigenvalue weighted by Gasteiger charge is -2.36. The molecule has 0 radical (unpaired) electrons. The molecule has 1 atom stereocenters. The normalized spacial score (nSPS) is 26.6. The van der Waals surface area contributed by atoms with Gasteiger partial charge in [-0.25, -0.2) is 0 Å². The van der Waals surface area contributed by atoms with Crippen LogP contribution in [-0.4, -0.2) is 89.2 Å². The van der Waals surface area contributed by atoms with E-state index in [1.165, 1.54) is 0 Å². The number of piperazine rings is 1. The Morgan fingerprint density at radius 2 is 2.09 bits per heavy atom. The summed E-state index contributed by atoms with van der Waals surface area (Å²) in [6, 6.07) is 3.76. The summed E-state index contributed by atoms with van der Waals surface area (Å²) < 4.78 is 0. The maximum Gasteiger partial charge on any atom is 0.227 e. The summed E-state index contributed by atoms with van der Waals surface area (Å²) in [7, 11) is 2.13. The summed E-state index contributed by atoms with van der Waals surface area (Å²) in [5, 5.41) is 10.8. The Bertz CT molecular complexity index is 531. The summed E-state index contributed by atoms with van der Waals surface area (Å²) in [5.41, 5.74) is 0.160. The van der Waals surface area contributed by atoms with E-state index in [0.29, 0.717) is 32.5 Å². The van der Waals surface area contributed by atoms with E-state index in [0.717, 1.165) is 31.7 Å². The molecule has 3 heterocycles. The molecular formula is C17H26N4O2. The zero-order valence-corrected chi connectivity index (χ0v) is 13.8. The Hall–Kier alpha value is -1.50. The molecule has 1 unspecified atom stereocenters. The third-order valence-corrected chi connectivity index (χ3v) is 4.88. The van der Waals surface area contributed by atoms with Crippen molar-refractivity contribution in [3.63, 3.8) is 0 Å². The minimum atomic E-state index is -0.763. The van der Waals surface area contributed by atoms with Crippen LogP contribution >= 0.6 is 0 Å². The predicted octanol–water partition coefficient (Wildman–Crippen LogP) is -0.165. The highest BCUT2D eigenvalue weighted by atomic mass is 16.3. The van der Waals surface area contributed by atoms with E-state index in [1.807, 2.05) is 12.1 Å². The fourth-order valence-electron chi connectivity index (χ4n) is 3.41. The van der Waals surface area contributed by atoms with Gasteiger partial charge in [0.2, 0.25) is 5.91 Å². The van der Waals surface area contributed by atoms with Crippen molar-refractivity contribution in [1.29, 1.82) is 0 Å². The molecule has 3 rings (SSSR count). The van der Waals surface area contributed by atoms with Crippen molar-refractivity contribution in [2.75, 3.05) is 52.9 Å². The predicted molar refractivity (Wildman–Crippen MR) is 88.0 cm³/mol. The molecule has 0 aromatic carbocycles. The quantitative estimate of drug-likeness (QED) is 0.836. The van der Waals surface area contributed by atoms with E-state index in [4.69, 9.17) is 0 Å². The second-order valence-electron chi connectivity index (χ2n) is 6.91. The fourth-order valence-corrected chi connectivity index (χ4v) is 3.41. The lowest BCUT2D eigenvalue weighted by Crippen LogP contribution is -2.52. The number of hydrogen-bond acceptors (Lipinski definition) is 5. The number of likely N-dealkylation sites (tertiary alicyclic amines) is 1. The van der Waals surface area contributed by atoms with Gasteiger partial charge in [-0.15, -0.1) is 0 Å². The Morgan fingerprint density at radius 3 is 2.78 bits per heavy atom. The molecule has 0 saturated carbocycles. The molecule has 1 N–H and O–H groups in total. The number of hydrogen-bond donors (Lipinski definition) is 1. The molecule has 1 aromatic rings. The maximum absolute atomic E-state index is 12.4. The molecule has 6 heteroatoms. The summed E-state index contributed by atoms with van der Waals surface area (Å²) in [6.45, 7) is 5.81. The first-order chi connectivity index (χ1) is 11.0. The Kier molecular flexibility index (Phi) is 4.94. The van der Waals surface area contributed by atoms with Crippen molar-refractivity contribution in [1.82, 2.24) is 19.7 Å². The number of aromatic nitrogens is 1. The van der Waals surface area contributed by atoms with Crippen LogP contribution in [0.3, 0.4) is 0 Å². The van der Waals surface area contributed by atoms with E-state index in [2.05, 4.69) is 21.8 Å². The first-order valence-corrected chi connectivity index (χ1v) is 8.34. The molecule has 0 spiro atoms. The SMILES string of the molecule is CN1CCN(CC2(O)CCN(C(=O)Cc3cccnc3)C2)CC1. The second-order valence-corrected chi connectivity index (χ2v) is 6.91. The standard InChI is InChI=1S/C17H26N4O2/c1-19-7-9-20(10-8-19)13-17(23)4-6-21(14-17)16(22)11-15-3-2-5-18-12-15/h2-3,5,12,23H,4,6-11,13-14H2,1H3. The average molecular weight is 318 g/mol. The van der Waals surface area contributed by atoms with Crippen LogP contribution in [0.1, 0.15) is 12.0 Å². The molecule has 1 amide bonds. The molecule has 0 aliphatic carbocycles. The lowest BCUT2D eigenvalue weighted by atomic mass is 10.0. The third-order valence-electron chi connectivity index (χ3n) is 4.88. The number of amides is 1. The zero-order valence-electron chi connectivity index (χ0n) is 13.8. The number of likely N-dealkylation sites (N-methyl/N-ethyl adjacent to an activating group) is 1. The molecule has 2 aliphatic heterocycles. The largest absolute Gasteiger partial charge is 0.387 e. The Balaban J connectivity index is 1.51. The highest BCUT2D eigenvalue weighted by Gasteiger charge is 2.39. The van der Waals surface area contributed by atoms with E-state index in [-0.39, 0.29) is 5.91 Å². The number of carbonyl (C=O) groups is 1. The average Bonchev–Trinajstić information content (AvgIpc) is 2.93. The molecule has 23 heavy (non-hydrogen) atoms. The van der Waals surface area contributed by atoms with E-state index < -0.39 is 5.60 Å². The summed E-state index contributed by atoms with van der Waals surface area (Å²) in [4.78, 5) is 22.9. The fraction of sp³-hybridized carbons (Fsp3) is 0.647. The van der Waals surface area contributed by atoms with Gasteiger partial charge in [0.15, 0.2) is 0 Å². The van der Waals surface area contributed by atoms with Gasteiger partial charge >= 0.3 is 0 Å². The van der Waals surface area contributed by atoms with Crippen molar-refractivity contribution < 1.29 is 9.90 Å². The van der Waals surface area contributed by atoms with Gasteiger partial charge in [0, 0.05) is 51.7 Å². The van der Waals surface area contributed by atoms with Crippen molar-refractivity contribution >= 4 is 5.91 Å². The van der Waals surface area contributed by atoms with Gasteiger partial charge in [-0.2, -0.15) is 0 Å². The number of aliphatic hydroxyl groups is 1. The topological polar surface area (TPSA) is 59.9 Å². The van der Waals surface area contributed by atoms with Gasteiger partial charge in [-0.1, -0.05) is 6.07 Å². The van der Waals surface area contributed by atoms with Crippen LogP contribution in [0.25, 0.3) is 0 Å². The summed E-state index contributed by atoms with van der Waals surface area (Å²) >= 11 is 0. The van der Waals surface area contributed by atoms with Crippen molar-refractivity contribution in [3.05, 3.63) is 30.1 Å². The monoisotopic (exact) mass is 318 g/mol. The number of carbonyl (C=O) groups excluding carboxylic acids is 1. The van der Waals surface area contributed by atoms with E-state index >= 15 is 0 Å². The minimum Gasteiger partial charge on any atom is -0.387 e. The van der Waals surface area contributed by atoms with Crippen LogP contribution in [0, 0.1) is 0 Å². The van der Waals surface area contributed by atoms with Crippen molar-refractivity contribution in [3.8, 4) is 0 Å². The smallest absolute Gasteiger partial charge is 0.227 e. The van der Waals surface area contributed by atoms with E-state index in [9.17, 15) is 9.90 Å². The van der Waals surface area contributed by atoms with Gasteiger partial charge in [0.05, 0.1) is 18.6 Å². The van der Waals surface area contributed by atoms with Crippen molar-refractivity contribution in [2.45, 2.75) is 18.4 Å². The van der Waals surface area contributed by atoms with Crippen LogP contribution in [-0.2, 0) is 11.2 Å². The number of β-amino-alcohol motifs (C(OH)–C–C–N with tert-alkyl or cyclic N) is 1. The number of pyridine rings is 1. The van der Waals surface area contributed by atoms with Gasteiger partial charge in [0.1, 0.15) is 0 Å². The first kappa shape index (κ1) is 16.4. The molecule has 126 valence electrons. The molecule has 1 aromatic heterocycles. The van der Waals surface area contributed by atoms with E-state index in [1.54, 1.807) is 17.3 Å². The van der Waals surface area contributed by atoms with Gasteiger partial charge in [-0.05, 0) is 25.1 Å². The van der Waals surface area contributed by atoms with Gasteiger partial charge in [0.25, 0.3) is 0 Å². The second kappa shape index (κ2) is 6.95. The number of nitrogens with zero attached hydrogens (tertiary/aromatic N) is 4. The summed E-state index contributed by atoms with van der Waals surface area (Å²) in [6.07, 6.45) is 4.46. The van der Waals surface area contributed by atoms with Gasteiger partial charge < -0.3 is 14.9 Å². The van der Waals surface area contributed by atoms with Crippen LogP contribution in [0.15, 0.2) is 24.5 Å². The van der Waals surface area contributed by atoms with Crippen LogP contribution in [0.5, 0.6) is 0 Å². The van der Waals surface area contributed by atoms with Crippen LogP contribution in [0.2, 0.25) is 0 Å². The Morgan fingerprint density at radius 1 is 1.30 bits per heavy atom.